The van der Waals surface area contributed by atoms with Crippen LogP contribution < -0.4 is 20.9 Å². The van der Waals surface area contributed by atoms with Crippen LogP contribution in [0.15, 0.2) is 18.2 Å². The van der Waals surface area contributed by atoms with Gasteiger partial charge in [-0.15, -0.1) is 0 Å². The Morgan fingerprint density at radius 2 is 2.08 bits per heavy atom. The van der Waals surface area contributed by atoms with E-state index in [1.54, 1.807) is 19.1 Å². The van der Waals surface area contributed by atoms with Crippen LogP contribution >= 0.6 is 0 Å². The van der Waals surface area contributed by atoms with E-state index in [-0.39, 0.29) is 28.8 Å². The maximum absolute atomic E-state index is 11.0. The number of hydrogen-bond acceptors (Lipinski definition) is 8. The van der Waals surface area contributed by atoms with Crippen LogP contribution in [0, 0.1) is 11.3 Å². The first-order valence-electron chi connectivity index (χ1n) is 7.37. The maximum Gasteiger partial charge on any atom is 0.344 e. The highest BCUT2D eigenvalue weighted by Gasteiger charge is 2.18. The number of aliphatic carboxylic acids is 1. The molecule has 130 valence electrons. The molecule has 0 saturated carbocycles. The summed E-state index contributed by atoms with van der Waals surface area (Å²) in [6, 6.07) is 6.67. The molecule has 1 heterocycles. The van der Waals surface area contributed by atoms with Crippen molar-refractivity contribution in [1.82, 2.24) is 9.97 Å². The van der Waals surface area contributed by atoms with Crippen molar-refractivity contribution in [2.75, 3.05) is 18.1 Å². The zero-order valence-electron chi connectivity index (χ0n) is 13.7. The fraction of sp³-hybridized carbons (Fsp3) is 0.250. The van der Waals surface area contributed by atoms with E-state index >= 15 is 0 Å². The van der Waals surface area contributed by atoms with Gasteiger partial charge < -0.3 is 26.0 Å². The molecule has 0 bridgehead atoms. The van der Waals surface area contributed by atoms with Crippen LogP contribution in [0.2, 0.25) is 0 Å². The van der Waals surface area contributed by atoms with Crippen molar-refractivity contribution in [2.45, 2.75) is 20.0 Å². The molecule has 2 aromatic rings. The van der Waals surface area contributed by atoms with Gasteiger partial charge in [0, 0.05) is 5.56 Å². The first kappa shape index (κ1) is 17.8. The van der Waals surface area contributed by atoms with Crippen molar-refractivity contribution >= 4 is 17.7 Å². The van der Waals surface area contributed by atoms with E-state index in [1.165, 1.54) is 13.0 Å². The predicted molar refractivity (Wildman–Crippen MR) is 89.9 cm³/mol. The zero-order valence-corrected chi connectivity index (χ0v) is 13.7. The normalized spacial score (nSPS) is 11.4. The third kappa shape index (κ3) is 3.87. The van der Waals surface area contributed by atoms with Crippen LogP contribution in [0.25, 0.3) is 11.3 Å². The van der Waals surface area contributed by atoms with Crippen LogP contribution in [0.1, 0.15) is 19.4 Å². The van der Waals surface area contributed by atoms with Gasteiger partial charge in [-0.3, -0.25) is 0 Å². The van der Waals surface area contributed by atoms with E-state index in [4.69, 9.17) is 26.0 Å². The number of nitrogens with zero attached hydrogens (tertiary/aromatic N) is 3. The number of hydrogen-bond donors (Lipinski definition) is 3. The second kappa shape index (κ2) is 7.35. The summed E-state index contributed by atoms with van der Waals surface area (Å²) >= 11 is 0. The Kier molecular flexibility index (Phi) is 5.24. The number of carbonyl (C=O) groups is 1. The Balaban J connectivity index is 2.53. The molecule has 0 radical (unpaired) electrons. The minimum atomic E-state index is -1.10. The molecule has 0 fully saturated rings. The minimum Gasteiger partial charge on any atom is -0.490 e. The topological polar surface area (TPSA) is 157 Å². The number of aromatic nitrogens is 2. The number of benzene rings is 1. The average molecular weight is 343 g/mol. The Morgan fingerprint density at radius 1 is 1.36 bits per heavy atom. The number of nitriles is 1. The fourth-order valence-corrected chi connectivity index (χ4v) is 2.08. The smallest absolute Gasteiger partial charge is 0.344 e. The molecule has 0 aliphatic carbocycles. The van der Waals surface area contributed by atoms with Gasteiger partial charge in [0.1, 0.15) is 17.5 Å². The van der Waals surface area contributed by atoms with Gasteiger partial charge in [0.2, 0.25) is 5.95 Å². The highest BCUT2D eigenvalue weighted by molar-refractivity contribution is 5.75. The molecule has 1 aromatic carbocycles. The van der Waals surface area contributed by atoms with Crippen molar-refractivity contribution in [3.05, 3.63) is 23.8 Å². The largest absolute Gasteiger partial charge is 0.490 e. The summed E-state index contributed by atoms with van der Waals surface area (Å²) in [6.07, 6.45) is -1.05. The molecule has 0 aliphatic heterocycles. The first-order valence-corrected chi connectivity index (χ1v) is 7.37. The van der Waals surface area contributed by atoms with Crippen LogP contribution in [0.5, 0.6) is 11.5 Å². The predicted octanol–water partition coefficient (Wildman–Crippen LogP) is 1.43. The summed E-state index contributed by atoms with van der Waals surface area (Å²) in [4.78, 5) is 18.8. The third-order valence-electron chi connectivity index (χ3n) is 3.23. The van der Waals surface area contributed by atoms with Gasteiger partial charge >= 0.3 is 5.97 Å². The molecule has 0 spiro atoms. The summed E-state index contributed by atoms with van der Waals surface area (Å²) in [6.45, 7) is 3.52. The lowest BCUT2D eigenvalue weighted by Gasteiger charge is -2.16. The number of carboxylic acids is 1. The molecular formula is C16H17N5O4. The van der Waals surface area contributed by atoms with Gasteiger partial charge in [-0.2, -0.15) is 10.2 Å². The molecule has 0 saturated heterocycles. The van der Waals surface area contributed by atoms with Crippen molar-refractivity contribution < 1.29 is 19.4 Å². The van der Waals surface area contributed by atoms with Gasteiger partial charge in [0.15, 0.2) is 17.6 Å². The van der Waals surface area contributed by atoms with Crippen molar-refractivity contribution in [1.29, 1.82) is 5.26 Å². The van der Waals surface area contributed by atoms with Crippen molar-refractivity contribution in [2.24, 2.45) is 0 Å². The average Bonchev–Trinajstić information content (AvgIpc) is 2.55. The molecule has 0 amide bonds. The zero-order chi connectivity index (χ0) is 18.6. The number of anilines is 2. The van der Waals surface area contributed by atoms with Gasteiger partial charge in [-0.25, -0.2) is 9.78 Å². The van der Waals surface area contributed by atoms with Crippen LogP contribution in [-0.2, 0) is 4.79 Å². The highest BCUT2D eigenvalue weighted by Crippen LogP contribution is 2.35. The standard InChI is InChI=1S/C16H17N5O4/c1-3-24-12-6-9(4-5-11(12)25-8(2)15(22)23)13-10(7-17)14(18)21-16(19)20-13/h4-6,8H,3H2,1-2H3,(H,22,23)(H4,18,19,20,21). The molecule has 2 rings (SSSR count). The lowest BCUT2D eigenvalue weighted by Crippen LogP contribution is -2.23. The van der Waals surface area contributed by atoms with Gasteiger partial charge in [0.25, 0.3) is 0 Å². The summed E-state index contributed by atoms with van der Waals surface area (Å²) < 4.78 is 10.9. The third-order valence-corrected chi connectivity index (χ3v) is 3.23. The molecule has 0 aliphatic rings. The Morgan fingerprint density at radius 3 is 2.68 bits per heavy atom. The van der Waals surface area contributed by atoms with Gasteiger partial charge in [0.05, 0.1) is 12.3 Å². The van der Waals surface area contributed by atoms with E-state index in [0.717, 1.165) is 0 Å². The second-order valence-electron chi connectivity index (χ2n) is 5.00. The van der Waals surface area contributed by atoms with Crippen LogP contribution in [-0.4, -0.2) is 33.8 Å². The summed E-state index contributed by atoms with van der Waals surface area (Å²) in [7, 11) is 0. The molecule has 9 nitrogen and oxygen atoms in total. The Bertz CT molecular complexity index is 847. The SMILES string of the molecule is CCOc1cc(-c2nc(N)nc(N)c2C#N)ccc1OC(C)C(=O)O. The lowest BCUT2D eigenvalue weighted by molar-refractivity contribution is -0.144. The van der Waals surface area contributed by atoms with E-state index in [1.807, 2.05) is 6.07 Å². The number of ether oxygens (including phenoxy) is 2. The maximum atomic E-state index is 11.0. The van der Waals surface area contributed by atoms with Crippen LogP contribution in [0.3, 0.4) is 0 Å². The number of carboxylic acid groups (broad SMARTS) is 1. The van der Waals surface area contributed by atoms with Crippen molar-refractivity contribution in [3.8, 4) is 28.8 Å². The number of nitrogens with two attached hydrogens (primary N) is 2. The number of rotatable bonds is 6. The molecule has 5 N–H and O–H groups in total. The molecule has 1 unspecified atom stereocenters. The first-order chi connectivity index (χ1) is 11.9. The summed E-state index contributed by atoms with van der Waals surface area (Å²) in [5.74, 6) is -0.622. The highest BCUT2D eigenvalue weighted by atomic mass is 16.5. The molecular weight excluding hydrogens is 326 g/mol. The fourth-order valence-electron chi connectivity index (χ4n) is 2.08. The Labute approximate surface area is 143 Å². The second-order valence-corrected chi connectivity index (χ2v) is 5.00. The monoisotopic (exact) mass is 343 g/mol. The summed E-state index contributed by atoms with van der Waals surface area (Å²) in [5, 5.41) is 18.3. The molecule has 1 atom stereocenters. The van der Waals surface area contributed by atoms with E-state index in [0.29, 0.717) is 17.9 Å². The molecule has 9 heteroatoms. The van der Waals surface area contributed by atoms with Gasteiger partial charge in [-0.05, 0) is 32.0 Å². The quantitative estimate of drug-likeness (QED) is 0.705. The van der Waals surface area contributed by atoms with Gasteiger partial charge in [-0.1, -0.05) is 0 Å². The van der Waals surface area contributed by atoms with E-state index in [9.17, 15) is 10.1 Å². The minimum absolute atomic E-state index is 0.0252. The Hall–Kier alpha value is -3.54. The molecule has 1 aromatic heterocycles. The molecule has 25 heavy (non-hydrogen) atoms. The van der Waals surface area contributed by atoms with E-state index < -0.39 is 12.1 Å². The summed E-state index contributed by atoms with van der Waals surface area (Å²) in [5.41, 5.74) is 12.2. The van der Waals surface area contributed by atoms with Crippen molar-refractivity contribution in [3.63, 3.8) is 0 Å². The lowest BCUT2D eigenvalue weighted by atomic mass is 10.1. The van der Waals surface area contributed by atoms with E-state index in [2.05, 4.69) is 9.97 Å². The van der Waals surface area contributed by atoms with Crippen LogP contribution in [0.4, 0.5) is 11.8 Å². The number of nitrogen functional groups attached to an aromatic ring is 2.